The third-order valence-corrected chi connectivity index (χ3v) is 2.89. The first-order valence-electron chi connectivity index (χ1n) is 5.63. The molecule has 1 aromatic carbocycles. The van der Waals surface area contributed by atoms with Crippen molar-refractivity contribution in [1.82, 2.24) is 9.97 Å². The zero-order chi connectivity index (χ0) is 13.3. The van der Waals surface area contributed by atoms with Crippen molar-refractivity contribution in [3.63, 3.8) is 0 Å². The number of carboxylic acids is 1. The summed E-state index contributed by atoms with van der Waals surface area (Å²) >= 11 is 0. The molecule has 0 saturated heterocycles. The maximum absolute atomic E-state index is 11.3. The van der Waals surface area contributed by atoms with Crippen LogP contribution in [0.1, 0.15) is 27.2 Å². The largest absolute Gasteiger partial charge is 0.478 e. The number of rotatable bonds is 2. The summed E-state index contributed by atoms with van der Waals surface area (Å²) in [7, 11) is 0. The maximum atomic E-state index is 11.3. The fourth-order valence-corrected chi connectivity index (χ4v) is 2.01. The van der Waals surface area contributed by atoms with Crippen molar-refractivity contribution in [2.24, 2.45) is 0 Å². The van der Waals surface area contributed by atoms with E-state index in [1.807, 2.05) is 32.0 Å². The molecule has 0 aliphatic heterocycles. The first-order valence-corrected chi connectivity index (χ1v) is 5.63. The zero-order valence-electron chi connectivity index (χ0n) is 10.6. The van der Waals surface area contributed by atoms with Crippen molar-refractivity contribution in [3.05, 3.63) is 46.9 Å². The van der Waals surface area contributed by atoms with Crippen LogP contribution in [0.3, 0.4) is 0 Å². The van der Waals surface area contributed by atoms with Gasteiger partial charge in [0.2, 0.25) is 0 Å². The molecule has 18 heavy (non-hydrogen) atoms. The Morgan fingerprint density at radius 1 is 1.17 bits per heavy atom. The first-order chi connectivity index (χ1) is 8.50. The number of aryl methyl sites for hydroxylation is 3. The van der Waals surface area contributed by atoms with E-state index in [1.165, 1.54) is 6.33 Å². The van der Waals surface area contributed by atoms with E-state index in [-0.39, 0.29) is 5.56 Å². The highest BCUT2D eigenvalue weighted by atomic mass is 16.4. The van der Waals surface area contributed by atoms with Crippen LogP contribution in [-0.4, -0.2) is 21.0 Å². The molecule has 1 aromatic heterocycles. The predicted octanol–water partition coefficient (Wildman–Crippen LogP) is 2.77. The molecule has 0 fully saturated rings. The van der Waals surface area contributed by atoms with Gasteiger partial charge in [0.15, 0.2) is 0 Å². The average molecular weight is 242 g/mol. The Morgan fingerprint density at radius 2 is 1.89 bits per heavy atom. The fourth-order valence-electron chi connectivity index (χ4n) is 2.01. The minimum atomic E-state index is -0.997. The van der Waals surface area contributed by atoms with Crippen molar-refractivity contribution in [1.29, 1.82) is 0 Å². The second-order valence-electron chi connectivity index (χ2n) is 4.31. The molecule has 0 atom stereocenters. The molecule has 0 radical (unpaired) electrons. The highest BCUT2D eigenvalue weighted by molar-refractivity contribution is 5.96. The molecule has 92 valence electrons. The molecule has 0 amide bonds. The third kappa shape index (κ3) is 2.09. The lowest BCUT2D eigenvalue weighted by atomic mass is 9.99. The van der Waals surface area contributed by atoms with Gasteiger partial charge >= 0.3 is 5.97 Å². The summed E-state index contributed by atoms with van der Waals surface area (Å²) in [5.74, 6) is -0.997. The summed E-state index contributed by atoms with van der Waals surface area (Å²) in [4.78, 5) is 19.4. The van der Waals surface area contributed by atoms with Gasteiger partial charge in [-0.25, -0.2) is 14.8 Å². The predicted molar refractivity (Wildman–Crippen MR) is 68.6 cm³/mol. The molecule has 4 nitrogen and oxygen atoms in total. The molecule has 0 unspecified atom stereocenters. The minimum absolute atomic E-state index is 0.171. The van der Waals surface area contributed by atoms with Gasteiger partial charge in [-0.3, -0.25) is 0 Å². The van der Waals surface area contributed by atoms with Crippen molar-refractivity contribution in [2.75, 3.05) is 0 Å². The van der Waals surface area contributed by atoms with Gasteiger partial charge in [-0.15, -0.1) is 0 Å². The number of aromatic nitrogens is 2. The van der Waals surface area contributed by atoms with E-state index >= 15 is 0 Å². The highest BCUT2D eigenvalue weighted by Gasteiger charge is 2.18. The molecule has 0 bridgehead atoms. The van der Waals surface area contributed by atoms with E-state index in [2.05, 4.69) is 9.97 Å². The molecular weight excluding hydrogens is 228 g/mol. The van der Waals surface area contributed by atoms with Gasteiger partial charge in [-0.1, -0.05) is 23.8 Å². The lowest BCUT2D eigenvalue weighted by molar-refractivity contribution is 0.0696. The van der Waals surface area contributed by atoms with Crippen LogP contribution in [-0.2, 0) is 0 Å². The Labute approximate surface area is 105 Å². The molecule has 0 aliphatic carbocycles. The number of aromatic carboxylic acids is 1. The standard InChI is InChI=1S/C14H14N2O2/c1-8-4-5-11(9(2)6-8)13-12(14(17)18)10(3)15-7-16-13/h4-7H,1-3H3,(H,17,18). The molecule has 0 aliphatic rings. The lowest BCUT2D eigenvalue weighted by Crippen LogP contribution is -2.07. The van der Waals surface area contributed by atoms with Crippen LogP contribution < -0.4 is 0 Å². The van der Waals surface area contributed by atoms with Gasteiger partial charge in [0.05, 0.1) is 11.4 Å². The summed E-state index contributed by atoms with van der Waals surface area (Å²) in [5, 5.41) is 9.27. The highest BCUT2D eigenvalue weighted by Crippen LogP contribution is 2.26. The number of nitrogens with zero attached hydrogens (tertiary/aromatic N) is 2. The van der Waals surface area contributed by atoms with Crippen molar-refractivity contribution >= 4 is 5.97 Å². The third-order valence-electron chi connectivity index (χ3n) is 2.89. The van der Waals surface area contributed by atoms with Crippen LogP contribution in [0.25, 0.3) is 11.3 Å². The molecule has 1 N–H and O–H groups in total. The van der Waals surface area contributed by atoms with Crippen LogP contribution in [0.2, 0.25) is 0 Å². The van der Waals surface area contributed by atoms with Crippen LogP contribution >= 0.6 is 0 Å². The van der Waals surface area contributed by atoms with Crippen LogP contribution in [0, 0.1) is 20.8 Å². The van der Waals surface area contributed by atoms with E-state index in [0.717, 1.165) is 16.7 Å². The molecule has 0 saturated carbocycles. The Kier molecular flexibility index (Phi) is 3.10. The van der Waals surface area contributed by atoms with E-state index in [0.29, 0.717) is 11.4 Å². The number of carbonyl (C=O) groups is 1. The normalized spacial score (nSPS) is 10.4. The smallest absolute Gasteiger partial charge is 0.339 e. The summed E-state index contributed by atoms with van der Waals surface area (Å²) in [6.45, 7) is 5.63. The van der Waals surface area contributed by atoms with Gasteiger partial charge in [0.25, 0.3) is 0 Å². The van der Waals surface area contributed by atoms with E-state index in [1.54, 1.807) is 6.92 Å². The Morgan fingerprint density at radius 3 is 2.50 bits per heavy atom. The SMILES string of the molecule is Cc1ccc(-c2ncnc(C)c2C(=O)O)c(C)c1. The molecule has 1 heterocycles. The molecule has 2 aromatic rings. The zero-order valence-corrected chi connectivity index (χ0v) is 10.6. The van der Waals surface area contributed by atoms with Gasteiger partial charge < -0.3 is 5.11 Å². The second-order valence-corrected chi connectivity index (χ2v) is 4.31. The van der Waals surface area contributed by atoms with E-state index in [9.17, 15) is 9.90 Å². The second kappa shape index (κ2) is 4.56. The fraction of sp³-hybridized carbons (Fsp3) is 0.214. The van der Waals surface area contributed by atoms with Crippen LogP contribution in [0.15, 0.2) is 24.5 Å². The minimum Gasteiger partial charge on any atom is -0.478 e. The summed E-state index contributed by atoms with van der Waals surface area (Å²) < 4.78 is 0. The summed E-state index contributed by atoms with van der Waals surface area (Å²) in [6, 6.07) is 5.86. The van der Waals surface area contributed by atoms with Crippen LogP contribution in [0.4, 0.5) is 0 Å². The van der Waals surface area contributed by atoms with Gasteiger partial charge in [0, 0.05) is 5.56 Å². The maximum Gasteiger partial charge on any atom is 0.339 e. The van der Waals surface area contributed by atoms with Gasteiger partial charge in [-0.05, 0) is 26.3 Å². The Bertz CT molecular complexity index is 621. The molecular formula is C14H14N2O2. The molecule has 4 heteroatoms. The average Bonchev–Trinajstić information content (AvgIpc) is 2.28. The molecule has 0 spiro atoms. The van der Waals surface area contributed by atoms with Crippen molar-refractivity contribution < 1.29 is 9.90 Å². The molecule has 2 rings (SSSR count). The van der Waals surface area contributed by atoms with Gasteiger partial charge in [0.1, 0.15) is 11.9 Å². The number of hydrogen-bond donors (Lipinski definition) is 1. The monoisotopic (exact) mass is 242 g/mol. The summed E-state index contributed by atoms with van der Waals surface area (Å²) in [5.41, 5.74) is 4.11. The van der Waals surface area contributed by atoms with Crippen molar-refractivity contribution in [2.45, 2.75) is 20.8 Å². The topological polar surface area (TPSA) is 63.1 Å². The quantitative estimate of drug-likeness (QED) is 0.879. The van der Waals surface area contributed by atoms with E-state index < -0.39 is 5.97 Å². The van der Waals surface area contributed by atoms with Crippen LogP contribution in [0.5, 0.6) is 0 Å². The van der Waals surface area contributed by atoms with Crippen molar-refractivity contribution in [3.8, 4) is 11.3 Å². The Balaban J connectivity index is 2.71. The number of hydrogen-bond acceptors (Lipinski definition) is 3. The first kappa shape index (κ1) is 12.2. The number of benzene rings is 1. The van der Waals surface area contributed by atoms with E-state index in [4.69, 9.17) is 0 Å². The number of carboxylic acid groups (broad SMARTS) is 1. The van der Waals surface area contributed by atoms with Gasteiger partial charge in [-0.2, -0.15) is 0 Å². The summed E-state index contributed by atoms with van der Waals surface area (Å²) in [6.07, 6.45) is 1.40. The Hall–Kier alpha value is -2.23. The lowest BCUT2D eigenvalue weighted by Gasteiger charge is -2.10.